The number of hydrogen-bond acceptors (Lipinski definition) is 12. The summed E-state index contributed by atoms with van der Waals surface area (Å²) in [6.45, 7) is 14.5. The normalized spacial score (nSPS) is 45.4. The van der Waals surface area contributed by atoms with Crippen LogP contribution in [0.3, 0.4) is 0 Å². The molecule has 0 amide bonds. The van der Waals surface area contributed by atoms with Crippen molar-refractivity contribution in [1.29, 1.82) is 0 Å². The summed E-state index contributed by atoms with van der Waals surface area (Å²) in [5, 5.41) is 54.0. The zero-order valence-electron chi connectivity index (χ0n) is 34.6. The van der Waals surface area contributed by atoms with E-state index in [1.807, 2.05) is 19.9 Å². The van der Waals surface area contributed by atoms with Gasteiger partial charge in [0.15, 0.2) is 17.2 Å². The van der Waals surface area contributed by atoms with Crippen LogP contribution in [0, 0.1) is 17.8 Å². The standard InChI is InChI=1S/C44H68O13/c1-25-21-34(55-44(23-25)35(46)12-11-31(54-44)24-41(6,50)40(48)49)26(2)9-10-30-14-18-43(53-30)19-15-33-39(57-43)36(47)29(5)38(52-33)32(45)22-28(4)37-27(3)13-17-42(56-37)16-7-8-20-51-42/h9-10,23,26-28,30-39,45-47,50H,5,7-8,11-22,24H2,1-4,6H3,(H,48,49)/b10-9+/t26-,27-,28+,30?,31+,32+,33-,34+,35-,36-,37+,38+,39-,41-,42?,43?,44?/m1/s1. The number of fused-ring (bicyclic) bond motifs is 1. The van der Waals surface area contributed by atoms with Crippen LogP contribution in [0.4, 0.5) is 0 Å². The molecule has 4 unspecified atom stereocenters. The molecule has 7 rings (SSSR count). The summed E-state index contributed by atoms with van der Waals surface area (Å²) in [7, 11) is 0. The van der Waals surface area contributed by atoms with Gasteiger partial charge < -0.3 is 58.7 Å². The Balaban J connectivity index is 0.920. The molecule has 0 radical (unpaired) electrons. The molecule has 13 heteroatoms. The van der Waals surface area contributed by atoms with Gasteiger partial charge in [-0.15, -0.1) is 0 Å². The van der Waals surface area contributed by atoms with Gasteiger partial charge in [-0.05, 0) is 95.1 Å². The number of hydrogen-bond donors (Lipinski definition) is 5. The molecule has 7 aliphatic heterocycles. The molecule has 13 nitrogen and oxygen atoms in total. The van der Waals surface area contributed by atoms with E-state index in [0.717, 1.165) is 50.7 Å². The van der Waals surface area contributed by atoms with Crippen LogP contribution < -0.4 is 0 Å². The van der Waals surface area contributed by atoms with Crippen LogP contribution in [0.25, 0.3) is 0 Å². The van der Waals surface area contributed by atoms with E-state index in [0.29, 0.717) is 56.4 Å². The highest BCUT2D eigenvalue weighted by atomic mass is 16.7. The van der Waals surface area contributed by atoms with Gasteiger partial charge >= 0.3 is 5.97 Å². The number of carboxylic acid groups (broad SMARTS) is 1. The molecule has 57 heavy (non-hydrogen) atoms. The van der Waals surface area contributed by atoms with E-state index >= 15 is 0 Å². The van der Waals surface area contributed by atoms with Gasteiger partial charge in [0.2, 0.25) is 5.79 Å². The molecule has 3 spiro atoms. The maximum Gasteiger partial charge on any atom is 0.335 e. The van der Waals surface area contributed by atoms with Gasteiger partial charge in [-0.25, -0.2) is 4.79 Å². The highest BCUT2D eigenvalue weighted by molar-refractivity contribution is 5.76. The fourth-order valence-corrected chi connectivity index (χ4v) is 10.5. The molecule has 0 aromatic carbocycles. The second kappa shape index (κ2) is 17.0. The quantitative estimate of drug-likeness (QED) is 0.182. The van der Waals surface area contributed by atoms with Crippen molar-refractivity contribution < 1.29 is 63.5 Å². The summed E-state index contributed by atoms with van der Waals surface area (Å²) >= 11 is 0. The third-order valence-corrected chi connectivity index (χ3v) is 14.0. The summed E-state index contributed by atoms with van der Waals surface area (Å²) in [5.41, 5.74) is -0.551. The van der Waals surface area contributed by atoms with Crippen LogP contribution in [0.1, 0.15) is 125 Å². The number of aliphatic carboxylic acids is 1. The average molecular weight is 805 g/mol. The van der Waals surface area contributed by atoms with Gasteiger partial charge in [0, 0.05) is 38.0 Å². The lowest BCUT2D eigenvalue weighted by molar-refractivity contribution is -0.321. The van der Waals surface area contributed by atoms with E-state index in [2.05, 4.69) is 26.5 Å². The van der Waals surface area contributed by atoms with Crippen molar-refractivity contribution >= 4 is 5.97 Å². The number of aliphatic hydroxyl groups is 4. The Kier molecular flexibility index (Phi) is 12.9. The molecule has 0 bridgehead atoms. The first-order chi connectivity index (χ1) is 26.9. The van der Waals surface area contributed by atoms with Crippen molar-refractivity contribution in [2.75, 3.05) is 6.61 Å². The molecule has 7 aliphatic rings. The first-order valence-corrected chi connectivity index (χ1v) is 21.7. The second-order valence-electron chi connectivity index (χ2n) is 18.9. The van der Waals surface area contributed by atoms with Gasteiger partial charge in [0.05, 0.1) is 43.2 Å². The molecule has 7 heterocycles. The summed E-state index contributed by atoms with van der Waals surface area (Å²) in [6.07, 6.45) is 9.37. The molecule has 322 valence electrons. The van der Waals surface area contributed by atoms with Gasteiger partial charge in [-0.3, -0.25) is 0 Å². The molecule has 6 saturated heterocycles. The third-order valence-electron chi connectivity index (χ3n) is 14.0. The zero-order valence-corrected chi connectivity index (χ0v) is 34.6. The van der Waals surface area contributed by atoms with Crippen LogP contribution in [0.5, 0.6) is 0 Å². The Morgan fingerprint density at radius 1 is 1.00 bits per heavy atom. The average Bonchev–Trinajstić information content (AvgIpc) is 3.56. The first-order valence-electron chi connectivity index (χ1n) is 21.7. The Labute approximate surface area is 337 Å². The van der Waals surface area contributed by atoms with Gasteiger partial charge in [-0.2, -0.15) is 0 Å². The molecule has 0 saturated carbocycles. The predicted octanol–water partition coefficient (Wildman–Crippen LogP) is 5.21. The monoisotopic (exact) mass is 804 g/mol. The predicted molar refractivity (Wildman–Crippen MR) is 208 cm³/mol. The number of aliphatic hydroxyl groups excluding tert-OH is 3. The van der Waals surface area contributed by atoms with Crippen molar-refractivity contribution in [3.05, 3.63) is 36.0 Å². The number of rotatable bonds is 10. The van der Waals surface area contributed by atoms with Crippen LogP contribution in [0.15, 0.2) is 36.0 Å². The molecule has 0 aromatic rings. The van der Waals surface area contributed by atoms with E-state index in [1.165, 1.54) is 6.92 Å². The maximum atomic E-state index is 11.6. The molecule has 6 fully saturated rings. The Morgan fingerprint density at radius 2 is 1.75 bits per heavy atom. The summed E-state index contributed by atoms with van der Waals surface area (Å²) in [5.74, 6) is -3.82. The van der Waals surface area contributed by atoms with E-state index in [9.17, 15) is 30.3 Å². The van der Waals surface area contributed by atoms with Crippen LogP contribution in [-0.2, 0) is 38.0 Å². The lowest BCUT2D eigenvalue weighted by atomic mass is 9.79. The first kappa shape index (κ1) is 43.3. The fraction of sp³-hybridized carbons (Fsp3) is 0.841. The number of carboxylic acids is 1. The molecule has 5 N–H and O–H groups in total. The van der Waals surface area contributed by atoms with E-state index in [1.54, 1.807) is 6.08 Å². The summed E-state index contributed by atoms with van der Waals surface area (Å²) < 4.78 is 45.2. The van der Waals surface area contributed by atoms with Crippen molar-refractivity contribution in [2.45, 2.75) is 209 Å². The fourth-order valence-electron chi connectivity index (χ4n) is 10.5. The number of ether oxygens (including phenoxy) is 7. The van der Waals surface area contributed by atoms with E-state index in [4.69, 9.17) is 33.2 Å². The second-order valence-corrected chi connectivity index (χ2v) is 18.9. The number of carbonyl (C=O) groups is 1. The third kappa shape index (κ3) is 9.15. The molecular formula is C44H68O13. The van der Waals surface area contributed by atoms with Crippen molar-refractivity contribution in [3.63, 3.8) is 0 Å². The van der Waals surface area contributed by atoms with Crippen molar-refractivity contribution in [2.24, 2.45) is 17.8 Å². The van der Waals surface area contributed by atoms with Crippen molar-refractivity contribution in [3.8, 4) is 0 Å². The summed E-state index contributed by atoms with van der Waals surface area (Å²) in [4.78, 5) is 11.6. The SMILES string of the molecule is C=C1[C@@H](O)[C@@H]2OC3(CCC(/C=C/[C@@H](C)[C@@H]4CC(C)=CC5(O[C@H](C[C@@](C)(O)C(=O)O)CC[C@H]5O)O4)O3)CC[C@H]2O[C@@H]1[C@@H](O)C[C@H](C)[C@H]1OC2(CCCCO2)CC[C@H]1C. The van der Waals surface area contributed by atoms with E-state index < -0.39 is 71.7 Å². The van der Waals surface area contributed by atoms with Gasteiger partial charge in [0.1, 0.15) is 24.4 Å². The van der Waals surface area contributed by atoms with Crippen LogP contribution >= 0.6 is 0 Å². The molecule has 0 aliphatic carbocycles. The Bertz CT molecular complexity index is 1510. The van der Waals surface area contributed by atoms with Crippen molar-refractivity contribution in [1.82, 2.24) is 0 Å². The van der Waals surface area contributed by atoms with Crippen LogP contribution in [0.2, 0.25) is 0 Å². The lowest BCUT2D eigenvalue weighted by Crippen LogP contribution is -2.60. The topological polar surface area (TPSA) is 183 Å². The lowest BCUT2D eigenvalue weighted by Gasteiger charge is -2.50. The highest BCUT2D eigenvalue weighted by Gasteiger charge is 2.55. The zero-order chi connectivity index (χ0) is 40.9. The Hall–Kier alpha value is -1.75. The minimum Gasteiger partial charge on any atom is -0.479 e. The van der Waals surface area contributed by atoms with E-state index in [-0.39, 0.29) is 36.6 Å². The Morgan fingerprint density at radius 3 is 2.49 bits per heavy atom. The largest absolute Gasteiger partial charge is 0.479 e. The molecular weight excluding hydrogens is 736 g/mol. The van der Waals surface area contributed by atoms with Crippen LogP contribution in [-0.4, -0.2) is 122 Å². The summed E-state index contributed by atoms with van der Waals surface area (Å²) in [6, 6.07) is 0. The smallest absolute Gasteiger partial charge is 0.335 e. The molecule has 17 atom stereocenters. The minimum absolute atomic E-state index is 0.0423. The highest BCUT2D eigenvalue weighted by Crippen LogP contribution is 2.47. The maximum absolute atomic E-state index is 11.6. The molecule has 0 aromatic heterocycles. The van der Waals surface area contributed by atoms with Gasteiger partial charge in [0.25, 0.3) is 0 Å². The van der Waals surface area contributed by atoms with Gasteiger partial charge in [-0.1, -0.05) is 45.1 Å². The minimum atomic E-state index is -1.96.